The summed E-state index contributed by atoms with van der Waals surface area (Å²) >= 11 is 3.09. The SMILES string of the molecule is Fc1cccc(OCc2ccc(F)c(Br)c2)c1. The predicted octanol–water partition coefficient (Wildman–Crippen LogP) is 4.31. The summed E-state index contributed by atoms with van der Waals surface area (Å²) in [5, 5.41) is 0. The van der Waals surface area contributed by atoms with Crippen LogP contribution in [0.15, 0.2) is 46.9 Å². The summed E-state index contributed by atoms with van der Waals surface area (Å²) in [4.78, 5) is 0. The quantitative estimate of drug-likeness (QED) is 0.820. The molecule has 0 aliphatic heterocycles. The molecule has 0 aromatic heterocycles. The number of halogens is 3. The van der Waals surface area contributed by atoms with Crippen LogP contribution < -0.4 is 4.74 Å². The van der Waals surface area contributed by atoms with Gasteiger partial charge in [-0.1, -0.05) is 12.1 Å². The molecule has 0 fully saturated rings. The lowest BCUT2D eigenvalue weighted by Gasteiger charge is -2.06. The highest BCUT2D eigenvalue weighted by Crippen LogP contribution is 2.19. The van der Waals surface area contributed by atoms with E-state index in [0.29, 0.717) is 10.2 Å². The molecule has 0 atom stereocenters. The molecule has 0 heterocycles. The summed E-state index contributed by atoms with van der Waals surface area (Å²) in [6, 6.07) is 10.5. The summed E-state index contributed by atoms with van der Waals surface area (Å²) in [6.07, 6.45) is 0. The Morgan fingerprint density at radius 2 is 1.88 bits per heavy atom. The van der Waals surface area contributed by atoms with Crippen molar-refractivity contribution in [2.45, 2.75) is 6.61 Å². The van der Waals surface area contributed by atoms with Crippen LogP contribution in [0.5, 0.6) is 5.75 Å². The van der Waals surface area contributed by atoms with Gasteiger partial charge in [-0.05, 0) is 45.8 Å². The maximum atomic E-state index is 13.0. The fourth-order valence-corrected chi connectivity index (χ4v) is 1.78. The van der Waals surface area contributed by atoms with Crippen molar-refractivity contribution in [3.8, 4) is 5.75 Å². The third-order valence-electron chi connectivity index (χ3n) is 2.19. The Balaban J connectivity index is 2.05. The molecule has 0 saturated heterocycles. The molecule has 0 aliphatic carbocycles. The van der Waals surface area contributed by atoms with Gasteiger partial charge in [0.05, 0.1) is 4.47 Å². The number of rotatable bonds is 3. The van der Waals surface area contributed by atoms with Crippen LogP contribution in [0.2, 0.25) is 0 Å². The minimum absolute atomic E-state index is 0.266. The Morgan fingerprint density at radius 3 is 2.59 bits per heavy atom. The van der Waals surface area contributed by atoms with Crippen LogP contribution in [0.4, 0.5) is 8.78 Å². The van der Waals surface area contributed by atoms with E-state index in [1.54, 1.807) is 24.3 Å². The Kier molecular flexibility index (Phi) is 3.74. The molecule has 0 saturated carbocycles. The number of ether oxygens (including phenoxy) is 1. The van der Waals surface area contributed by atoms with E-state index in [4.69, 9.17) is 4.74 Å². The number of benzene rings is 2. The molecule has 88 valence electrons. The topological polar surface area (TPSA) is 9.23 Å². The average Bonchev–Trinajstić information content (AvgIpc) is 2.31. The van der Waals surface area contributed by atoms with Crippen molar-refractivity contribution in [3.05, 3.63) is 64.1 Å². The van der Waals surface area contributed by atoms with E-state index in [1.807, 2.05) is 0 Å². The molecule has 0 unspecified atom stereocenters. The molecule has 0 spiro atoms. The molecule has 4 heteroatoms. The zero-order valence-corrected chi connectivity index (χ0v) is 10.4. The van der Waals surface area contributed by atoms with E-state index in [0.717, 1.165) is 5.56 Å². The molecule has 0 amide bonds. The molecular weight excluding hydrogens is 290 g/mol. The Bertz CT molecular complexity index is 529. The summed E-state index contributed by atoms with van der Waals surface area (Å²) < 4.78 is 31.6. The van der Waals surface area contributed by atoms with E-state index in [9.17, 15) is 8.78 Å². The van der Waals surface area contributed by atoms with Gasteiger partial charge in [-0.3, -0.25) is 0 Å². The van der Waals surface area contributed by atoms with Gasteiger partial charge in [-0.2, -0.15) is 0 Å². The second-order valence-corrected chi connectivity index (χ2v) is 4.35. The molecule has 2 aromatic carbocycles. The third-order valence-corrected chi connectivity index (χ3v) is 2.79. The minimum atomic E-state index is -0.345. The van der Waals surface area contributed by atoms with Gasteiger partial charge in [0.2, 0.25) is 0 Å². The van der Waals surface area contributed by atoms with E-state index < -0.39 is 0 Å². The van der Waals surface area contributed by atoms with Gasteiger partial charge in [-0.15, -0.1) is 0 Å². The zero-order valence-electron chi connectivity index (χ0n) is 8.79. The van der Waals surface area contributed by atoms with Gasteiger partial charge in [0.1, 0.15) is 24.0 Å². The molecular formula is C13H9BrF2O. The average molecular weight is 299 g/mol. The fourth-order valence-electron chi connectivity index (χ4n) is 1.35. The van der Waals surface area contributed by atoms with Gasteiger partial charge >= 0.3 is 0 Å². The standard InChI is InChI=1S/C13H9BrF2O/c14-12-6-9(4-5-13(12)16)8-17-11-3-1-2-10(15)7-11/h1-7H,8H2. The maximum Gasteiger partial charge on any atom is 0.137 e. The molecule has 0 aliphatic rings. The van der Waals surface area contributed by atoms with Crippen molar-refractivity contribution in [3.63, 3.8) is 0 Å². The highest BCUT2D eigenvalue weighted by Gasteiger charge is 2.02. The number of hydrogen-bond donors (Lipinski definition) is 0. The normalized spacial score (nSPS) is 10.3. The van der Waals surface area contributed by atoms with Crippen LogP contribution in [0.25, 0.3) is 0 Å². The maximum absolute atomic E-state index is 13.0. The van der Waals surface area contributed by atoms with Crippen molar-refractivity contribution < 1.29 is 13.5 Å². The second-order valence-electron chi connectivity index (χ2n) is 3.49. The van der Waals surface area contributed by atoms with Crippen LogP contribution in [-0.2, 0) is 6.61 Å². The Hall–Kier alpha value is -1.42. The van der Waals surface area contributed by atoms with Crippen LogP contribution in [-0.4, -0.2) is 0 Å². The van der Waals surface area contributed by atoms with Crippen LogP contribution in [0.3, 0.4) is 0 Å². The molecule has 1 nitrogen and oxygen atoms in total. The first kappa shape index (κ1) is 12.0. The van der Waals surface area contributed by atoms with E-state index >= 15 is 0 Å². The molecule has 0 radical (unpaired) electrons. The molecule has 0 bridgehead atoms. The van der Waals surface area contributed by atoms with Crippen molar-refractivity contribution in [1.29, 1.82) is 0 Å². The largest absolute Gasteiger partial charge is 0.489 e. The van der Waals surface area contributed by atoms with Crippen molar-refractivity contribution in [1.82, 2.24) is 0 Å². The molecule has 2 rings (SSSR count). The highest BCUT2D eigenvalue weighted by molar-refractivity contribution is 9.10. The smallest absolute Gasteiger partial charge is 0.137 e. The number of hydrogen-bond acceptors (Lipinski definition) is 1. The monoisotopic (exact) mass is 298 g/mol. The molecule has 17 heavy (non-hydrogen) atoms. The van der Waals surface area contributed by atoms with Gasteiger partial charge in [0.25, 0.3) is 0 Å². The van der Waals surface area contributed by atoms with Crippen LogP contribution >= 0.6 is 15.9 Å². The summed E-state index contributed by atoms with van der Waals surface area (Å²) in [5.41, 5.74) is 0.808. The summed E-state index contributed by atoms with van der Waals surface area (Å²) in [5.74, 6) is -0.215. The van der Waals surface area contributed by atoms with Crippen molar-refractivity contribution in [2.24, 2.45) is 0 Å². The van der Waals surface area contributed by atoms with Crippen LogP contribution in [0, 0.1) is 11.6 Å². The summed E-state index contributed by atoms with van der Waals surface area (Å²) in [6.45, 7) is 0.266. The van der Waals surface area contributed by atoms with Gasteiger partial charge in [-0.25, -0.2) is 8.78 Å². The lowest BCUT2D eigenvalue weighted by atomic mass is 10.2. The van der Waals surface area contributed by atoms with Crippen molar-refractivity contribution in [2.75, 3.05) is 0 Å². The highest BCUT2D eigenvalue weighted by atomic mass is 79.9. The first-order valence-electron chi connectivity index (χ1n) is 4.97. The van der Waals surface area contributed by atoms with Gasteiger partial charge < -0.3 is 4.74 Å². The predicted molar refractivity (Wildman–Crippen MR) is 64.8 cm³/mol. The Labute approximate surface area is 106 Å². The third kappa shape index (κ3) is 3.27. The fraction of sp³-hybridized carbons (Fsp3) is 0.0769. The van der Waals surface area contributed by atoms with E-state index in [2.05, 4.69) is 15.9 Å². The lowest BCUT2D eigenvalue weighted by molar-refractivity contribution is 0.304. The Morgan fingerprint density at radius 1 is 1.06 bits per heavy atom. The van der Waals surface area contributed by atoms with E-state index in [-0.39, 0.29) is 18.2 Å². The van der Waals surface area contributed by atoms with E-state index in [1.165, 1.54) is 18.2 Å². The van der Waals surface area contributed by atoms with Crippen molar-refractivity contribution >= 4 is 15.9 Å². The molecule has 0 N–H and O–H groups in total. The zero-order chi connectivity index (χ0) is 12.3. The second kappa shape index (κ2) is 5.27. The lowest BCUT2D eigenvalue weighted by Crippen LogP contribution is -1.96. The van der Waals surface area contributed by atoms with Gasteiger partial charge in [0, 0.05) is 6.07 Å². The minimum Gasteiger partial charge on any atom is -0.489 e. The van der Waals surface area contributed by atoms with Gasteiger partial charge in [0.15, 0.2) is 0 Å². The van der Waals surface area contributed by atoms with Crippen LogP contribution in [0.1, 0.15) is 5.56 Å². The first-order chi connectivity index (χ1) is 8.15. The summed E-state index contributed by atoms with van der Waals surface area (Å²) in [7, 11) is 0. The first-order valence-corrected chi connectivity index (χ1v) is 5.77. The molecule has 2 aromatic rings.